The van der Waals surface area contributed by atoms with Gasteiger partial charge >= 0.3 is 18.2 Å². The lowest BCUT2D eigenvalue weighted by atomic mass is 9.98. The third kappa shape index (κ3) is 4.40. The normalized spacial score (nSPS) is 13.1. The first-order chi connectivity index (χ1) is 13.5. The molecule has 0 spiro atoms. The van der Waals surface area contributed by atoms with Crippen LogP contribution in [0, 0.1) is 0 Å². The average Bonchev–Trinajstić information content (AvgIpc) is 2.98. The molecule has 3 N–H and O–H groups in total. The number of carboxylic acids is 1. The number of amides is 1. The van der Waals surface area contributed by atoms with Crippen LogP contribution in [0.2, 0.25) is 0 Å². The minimum atomic E-state index is -1.55. The second kappa shape index (κ2) is 8.43. The van der Waals surface area contributed by atoms with Crippen molar-refractivity contribution in [1.29, 1.82) is 0 Å². The average molecular weight is 385 g/mol. The summed E-state index contributed by atoms with van der Waals surface area (Å²) in [5, 5.41) is 19.8. The van der Waals surface area contributed by atoms with Crippen LogP contribution in [0.4, 0.5) is 9.59 Å². The van der Waals surface area contributed by atoms with Crippen LogP contribution in [-0.2, 0) is 14.3 Å². The van der Waals surface area contributed by atoms with Gasteiger partial charge in [0.15, 0.2) is 0 Å². The predicted octanol–water partition coefficient (Wildman–Crippen LogP) is 3.06. The summed E-state index contributed by atoms with van der Waals surface area (Å²) in [6, 6.07) is 14.7. The van der Waals surface area contributed by atoms with Crippen molar-refractivity contribution in [1.82, 2.24) is 5.32 Å². The second-order valence-corrected chi connectivity index (χ2v) is 6.34. The Kier molecular flexibility index (Phi) is 5.78. The summed E-state index contributed by atoms with van der Waals surface area (Å²) in [4.78, 5) is 33.5. The number of aliphatic carboxylic acids is 1. The van der Waals surface area contributed by atoms with Gasteiger partial charge in [0.2, 0.25) is 0 Å². The van der Waals surface area contributed by atoms with Gasteiger partial charge in [-0.25, -0.2) is 9.59 Å². The number of rotatable bonds is 7. The van der Waals surface area contributed by atoms with Gasteiger partial charge in [-0.3, -0.25) is 4.79 Å². The van der Waals surface area contributed by atoms with Crippen LogP contribution < -0.4 is 5.32 Å². The molecule has 0 saturated heterocycles. The topological polar surface area (TPSA) is 122 Å². The summed E-state index contributed by atoms with van der Waals surface area (Å²) in [7, 11) is 0. The first-order valence-electron chi connectivity index (χ1n) is 8.64. The van der Waals surface area contributed by atoms with E-state index >= 15 is 0 Å². The first-order valence-corrected chi connectivity index (χ1v) is 8.64. The Labute approximate surface area is 160 Å². The molecule has 0 heterocycles. The van der Waals surface area contributed by atoms with E-state index in [-0.39, 0.29) is 12.5 Å². The van der Waals surface area contributed by atoms with Gasteiger partial charge in [0, 0.05) is 5.92 Å². The van der Waals surface area contributed by atoms with Crippen LogP contribution >= 0.6 is 0 Å². The molecule has 2 aromatic carbocycles. The Balaban J connectivity index is 1.65. The zero-order valence-corrected chi connectivity index (χ0v) is 14.8. The van der Waals surface area contributed by atoms with Crippen molar-refractivity contribution in [3.63, 3.8) is 0 Å². The largest absolute Gasteiger partial charge is 0.505 e. The third-order valence-corrected chi connectivity index (χ3v) is 4.49. The van der Waals surface area contributed by atoms with Crippen molar-refractivity contribution in [2.24, 2.45) is 0 Å². The zero-order chi connectivity index (χ0) is 20.1. The monoisotopic (exact) mass is 385 g/mol. The van der Waals surface area contributed by atoms with Crippen molar-refractivity contribution in [2.75, 3.05) is 13.2 Å². The number of fused-ring (bicyclic) bond motifs is 3. The van der Waals surface area contributed by atoms with Crippen molar-refractivity contribution in [3.05, 3.63) is 59.7 Å². The van der Waals surface area contributed by atoms with E-state index in [2.05, 4.69) is 10.1 Å². The van der Waals surface area contributed by atoms with Gasteiger partial charge in [0.25, 0.3) is 0 Å². The number of carbonyl (C=O) groups excluding carboxylic acids is 1. The quantitative estimate of drug-likeness (QED) is 0.626. The van der Waals surface area contributed by atoms with Crippen LogP contribution in [-0.4, -0.2) is 47.7 Å². The van der Waals surface area contributed by atoms with E-state index < -0.39 is 37.3 Å². The highest BCUT2D eigenvalue weighted by Crippen LogP contribution is 2.44. The fourth-order valence-corrected chi connectivity index (χ4v) is 3.34. The molecule has 0 saturated carbocycles. The molecular formula is C20H19NO7. The molecule has 1 aliphatic rings. The molecule has 0 radical (unpaired) electrons. The summed E-state index contributed by atoms with van der Waals surface area (Å²) < 4.78 is 9.67. The summed E-state index contributed by atoms with van der Waals surface area (Å²) in [6.45, 7) is -0.411. The van der Waals surface area contributed by atoms with Crippen LogP contribution in [0.15, 0.2) is 48.5 Å². The fourth-order valence-electron chi connectivity index (χ4n) is 3.34. The molecule has 1 amide bonds. The van der Waals surface area contributed by atoms with E-state index in [0.29, 0.717) is 0 Å². The molecule has 2 aromatic rings. The Bertz CT molecular complexity index is 850. The van der Waals surface area contributed by atoms with E-state index in [4.69, 9.17) is 14.9 Å². The number of alkyl carbamates (subject to hydrolysis) is 1. The van der Waals surface area contributed by atoms with Crippen molar-refractivity contribution in [2.45, 2.75) is 18.4 Å². The Hall–Kier alpha value is -3.55. The van der Waals surface area contributed by atoms with Gasteiger partial charge < -0.3 is 25.0 Å². The van der Waals surface area contributed by atoms with E-state index in [1.54, 1.807) is 0 Å². The fraction of sp³-hybridized carbons (Fsp3) is 0.250. The molecule has 8 nitrogen and oxygen atoms in total. The predicted molar refractivity (Wildman–Crippen MR) is 98.2 cm³/mol. The van der Waals surface area contributed by atoms with E-state index in [9.17, 15) is 14.4 Å². The number of carbonyl (C=O) groups is 3. The molecule has 1 aliphatic carbocycles. The molecule has 28 heavy (non-hydrogen) atoms. The molecular weight excluding hydrogens is 366 g/mol. The molecule has 1 unspecified atom stereocenters. The number of nitrogens with one attached hydrogen (secondary N) is 1. The van der Waals surface area contributed by atoms with Crippen molar-refractivity contribution >= 4 is 18.2 Å². The van der Waals surface area contributed by atoms with E-state index in [0.717, 1.165) is 22.3 Å². The first kappa shape index (κ1) is 19.2. The highest BCUT2D eigenvalue weighted by Gasteiger charge is 2.29. The lowest BCUT2D eigenvalue weighted by Gasteiger charge is -2.18. The maximum absolute atomic E-state index is 12.1. The number of hydrogen-bond acceptors (Lipinski definition) is 5. The molecule has 0 fully saturated rings. The molecule has 8 heteroatoms. The van der Waals surface area contributed by atoms with Gasteiger partial charge in [-0.2, -0.15) is 0 Å². The van der Waals surface area contributed by atoms with E-state index in [1.807, 2.05) is 48.5 Å². The number of ether oxygens (including phenoxy) is 2. The highest BCUT2D eigenvalue weighted by molar-refractivity contribution is 5.79. The van der Waals surface area contributed by atoms with Gasteiger partial charge in [-0.1, -0.05) is 48.5 Å². The van der Waals surface area contributed by atoms with E-state index in [1.165, 1.54) is 0 Å². The Morgan fingerprint density at radius 2 is 1.50 bits per heavy atom. The summed E-state index contributed by atoms with van der Waals surface area (Å²) in [5.41, 5.74) is 4.28. The Morgan fingerprint density at radius 1 is 0.929 bits per heavy atom. The van der Waals surface area contributed by atoms with Crippen LogP contribution in [0.3, 0.4) is 0 Å². The second-order valence-electron chi connectivity index (χ2n) is 6.34. The number of benzene rings is 2. The van der Waals surface area contributed by atoms with Crippen LogP contribution in [0.25, 0.3) is 11.1 Å². The highest BCUT2D eigenvalue weighted by atomic mass is 16.7. The van der Waals surface area contributed by atoms with Gasteiger partial charge in [-0.15, -0.1) is 0 Å². The third-order valence-electron chi connectivity index (χ3n) is 4.49. The summed E-state index contributed by atoms with van der Waals surface area (Å²) >= 11 is 0. The number of carboxylic acid groups (broad SMARTS) is 2. The SMILES string of the molecule is O=C(O)CC(COC(=O)O)NC(=O)OCC1c2ccccc2-c2ccccc21. The van der Waals surface area contributed by atoms with Crippen LogP contribution in [0.5, 0.6) is 0 Å². The van der Waals surface area contributed by atoms with Crippen molar-refractivity contribution in [3.8, 4) is 11.1 Å². The minimum Gasteiger partial charge on any atom is -0.481 e. The maximum Gasteiger partial charge on any atom is 0.505 e. The Morgan fingerprint density at radius 3 is 2.04 bits per heavy atom. The van der Waals surface area contributed by atoms with Gasteiger partial charge in [-0.05, 0) is 22.3 Å². The minimum absolute atomic E-state index is 0.0689. The summed E-state index contributed by atoms with van der Waals surface area (Å²) in [5.74, 6) is -1.33. The zero-order valence-electron chi connectivity index (χ0n) is 14.8. The van der Waals surface area contributed by atoms with Gasteiger partial charge in [0.1, 0.15) is 13.2 Å². The van der Waals surface area contributed by atoms with Gasteiger partial charge in [0.05, 0.1) is 12.5 Å². The number of hydrogen-bond donors (Lipinski definition) is 3. The molecule has 0 aliphatic heterocycles. The molecule has 146 valence electrons. The molecule has 3 rings (SSSR count). The van der Waals surface area contributed by atoms with Crippen LogP contribution in [0.1, 0.15) is 23.5 Å². The molecule has 0 aromatic heterocycles. The maximum atomic E-state index is 12.1. The molecule has 1 atom stereocenters. The van der Waals surface area contributed by atoms with Crippen molar-refractivity contribution < 1.29 is 34.1 Å². The summed E-state index contributed by atoms with van der Waals surface area (Å²) in [6.07, 6.45) is -2.87. The molecule has 0 bridgehead atoms. The standard InChI is InChI=1S/C20H19NO7/c22-18(23)9-12(10-28-20(25)26)21-19(24)27-11-17-15-7-3-1-5-13(15)14-6-2-4-8-16(14)17/h1-8,12,17H,9-11H2,(H,21,24)(H,22,23)(H,25,26). The lowest BCUT2D eigenvalue weighted by Crippen LogP contribution is -2.41. The lowest BCUT2D eigenvalue weighted by molar-refractivity contribution is -0.137. The smallest absolute Gasteiger partial charge is 0.481 e.